The molecule has 0 aliphatic carbocycles. The molecule has 1 aliphatic heterocycles. The monoisotopic (exact) mass is 304 g/mol. The van der Waals surface area contributed by atoms with Crippen molar-refractivity contribution in [3.63, 3.8) is 0 Å². The van der Waals surface area contributed by atoms with Crippen LogP contribution in [0.3, 0.4) is 0 Å². The van der Waals surface area contributed by atoms with E-state index >= 15 is 0 Å². The third-order valence-electron chi connectivity index (χ3n) is 4.97. The first-order valence-electron chi connectivity index (χ1n) is 8.47. The van der Waals surface area contributed by atoms with Gasteiger partial charge in [-0.2, -0.15) is 0 Å². The van der Waals surface area contributed by atoms with Gasteiger partial charge in [0.1, 0.15) is 0 Å². The first-order valence-corrected chi connectivity index (χ1v) is 8.47. The molecule has 2 nitrogen and oxygen atoms in total. The molecule has 1 aromatic heterocycles. The van der Waals surface area contributed by atoms with Crippen LogP contribution in [0.1, 0.15) is 49.2 Å². The highest BCUT2D eigenvalue weighted by Gasteiger charge is 2.25. The van der Waals surface area contributed by atoms with Crippen LogP contribution in [0.15, 0.2) is 48.5 Å². The summed E-state index contributed by atoms with van der Waals surface area (Å²) in [7, 11) is 0. The molecule has 0 spiro atoms. The Morgan fingerprint density at radius 1 is 0.957 bits per heavy atom. The molecule has 23 heavy (non-hydrogen) atoms. The predicted octanol–water partition coefficient (Wildman–Crippen LogP) is 4.70. The summed E-state index contributed by atoms with van der Waals surface area (Å²) in [6.45, 7) is 7.81. The number of benzene rings is 2. The van der Waals surface area contributed by atoms with Crippen molar-refractivity contribution in [2.45, 2.75) is 38.6 Å². The van der Waals surface area contributed by atoms with Crippen LogP contribution in [0.2, 0.25) is 0 Å². The summed E-state index contributed by atoms with van der Waals surface area (Å²) in [5.41, 5.74) is 6.98. The summed E-state index contributed by atoms with van der Waals surface area (Å²) in [6, 6.07) is 18.0. The fourth-order valence-corrected chi connectivity index (χ4v) is 3.64. The second kappa shape index (κ2) is 5.24. The largest absolute Gasteiger partial charge is 0.357 e. The molecule has 3 aromatic rings. The van der Waals surface area contributed by atoms with E-state index in [-0.39, 0.29) is 11.5 Å². The molecule has 4 rings (SSSR count). The molecule has 118 valence electrons. The molecule has 0 radical (unpaired) electrons. The van der Waals surface area contributed by atoms with Crippen LogP contribution in [0.4, 0.5) is 0 Å². The van der Waals surface area contributed by atoms with Crippen molar-refractivity contribution < 1.29 is 0 Å². The molecule has 2 aromatic carbocycles. The van der Waals surface area contributed by atoms with Crippen LogP contribution in [-0.2, 0) is 11.8 Å². The normalized spacial score (nSPS) is 18.1. The van der Waals surface area contributed by atoms with E-state index in [1.165, 1.54) is 33.3 Å². The molecule has 0 bridgehead atoms. The van der Waals surface area contributed by atoms with Crippen LogP contribution in [-0.4, -0.2) is 11.5 Å². The zero-order valence-electron chi connectivity index (χ0n) is 14.1. The minimum Gasteiger partial charge on any atom is -0.357 e. The quantitative estimate of drug-likeness (QED) is 0.670. The molecule has 1 unspecified atom stereocenters. The van der Waals surface area contributed by atoms with Gasteiger partial charge in [0, 0.05) is 23.1 Å². The van der Waals surface area contributed by atoms with Crippen LogP contribution in [0.5, 0.6) is 0 Å². The van der Waals surface area contributed by atoms with E-state index in [1.54, 1.807) is 0 Å². The summed E-state index contributed by atoms with van der Waals surface area (Å²) >= 11 is 0. The third kappa shape index (κ3) is 2.47. The van der Waals surface area contributed by atoms with Gasteiger partial charge in [-0.3, -0.25) is 0 Å². The highest BCUT2D eigenvalue weighted by atomic mass is 15.0. The maximum Gasteiger partial charge on any atom is 0.0732 e. The van der Waals surface area contributed by atoms with Gasteiger partial charge in [-0.05, 0) is 34.6 Å². The lowest BCUT2D eigenvalue weighted by atomic mass is 9.85. The van der Waals surface area contributed by atoms with Gasteiger partial charge in [-0.15, -0.1) is 0 Å². The highest BCUT2D eigenvalue weighted by molar-refractivity contribution is 5.85. The first-order chi connectivity index (χ1) is 11.0. The Bertz CT molecular complexity index is 834. The van der Waals surface area contributed by atoms with E-state index in [2.05, 4.69) is 79.6 Å². The van der Waals surface area contributed by atoms with Gasteiger partial charge in [0.2, 0.25) is 0 Å². The maximum atomic E-state index is 3.68. The number of fused-ring (bicyclic) bond motifs is 3. The SMILES string of the molecule is CC(C)(C)c1ccc(C2NCCc3c2[nH]c2ccccc32)cc1. The smallest absolute Gasteiger partial charge is 0.0732 e. The molecule has 2 heterocycles. The van der Waals surface area contributed by atoms with Crippen LogP contribution in [0.25, 0.3) is 10.9 Å². The summed E-state index contributed by atoms with van der Waals surface area (Å²) in [5, 5.41) is 5.05. The number of nitrogens with one attached hydrogen (secondary N) is 2. The van der Waals surface area contributed by atoms with E-state index in [1.807, 2.05) is 0 Å². The van der Waals surface area contributed by atoms with Crippen LogP contribution >= 0.6 is 0 Å². The summed E-state index contributed by atoms with van der Waals surface area (Å²) < 4.78 is 0. The summed E-state index contributed by atoms with van der Waals surface area (Å²) in [4.78, 5) is 3.65. The molecule has 1 atom stereocenters. The van der Waals surface area contributed by atoms with E-state index in [0.29, 0.717) is 0 Å². The second-order valence-electron chi connectivity index (χ2n) is 7.57. The van der Waals surface area contributed by atoms with E-state index in [9.17, 15) is 0 Å². The topological polar surface area (TPSA) is 27.8 Å². The van der Waals surface area contributed by atoms with Gasteiger partial charge in [0.25, 0.3) is 0 Å². The molecule has 1 aliphatic rings. The predicted molar refractivity (Wildman–Crippen MR) is 97.0 cm³/mol. The third-order valence-corrected chi connectivity index (χ3v) is 4.97. The molecule has 0 fully saturated rings. The van der Waals surface area contributed by atoms with Crippen molar-refractivity contribution in [2.24, 2.45) is 0 Å². The van der Waals surface area contributed by atoms with E-state index in [4.69, 9.17) is 0 Å². The van der Waals surface area contributed by atoms with E-state index < -0.39 is 0 Å². The van der Waals surface area contributed by atoms with Gasteiger partial charge < -0.3 is 10.3 Å². The van der Waals surface area contributed by atoms with E-state index in [0.717, 1.165) is 13.0 Å². The first kappa shape index (κ1) is 14.5. The van der Waals surface area contributed by atoms with Crippen molar-refractivity contribution in [3.05, 3.63) is 70.9 Å². The van der Waals surface area contributed by atoms with Crippen molar-refractivity contribution in [1.29, 1.82) is 0 Å². The molecule has 0 saturated carbocycles. The Kier molecular flexibility index (Phi) is 3.31. The molecule has 0 saturated heterocycles. The average molecular weight is 304 g/mol. The van der Waals surface area contributed by atoms with Gasteiger partial charge in [0.15, 0.2) is 0 Å². The number of H-pyrrole nitrogens is 1. The zero-order chi connectivity index (χ0) is 16.0. The molecule has 0 amide bonds. The number of aromatic nitrogens is 1. The molecular weight excluding hydrogens is 280 g/mol. The van der Waals surface area contributed by atoms with Crippen molar-refractivity contribution in [1.82, 2.24) is 10.3 Å². The Labute approximate surface area is 137 Å². The highest BCUT2D eigenvalue weighted by Crippen LogP contribution is 2.34. The second-order valence-corrected chi connectivity index (χ2v) is 7.57. The molecular formula is C21H24N2. The Morgan fingerprint density at radius 3 is 2.43 bits per heavy atom. The number of rotatable bonds is 1. The van der Waals surface area contributed by atoms with Crippen molar-refractivity contribution in [3.8, 4) is 0 Å². The number of hydrogen-bond donors (Lipinski definition) is 2. The number of hydrogen-bond acceptors (Lipinski definition) is 1. The summed E-state index contributed by atoms with van der Waals surface area (Å²) in [6.07, 6.45) is 1.09. The lowest BCUT2D eigenvalue weighted by molar-refractivity contribution is 0.558. The number of aromatic amines is 1. The summed E-state index contributed by atoms with van der Waals surface area (Å²) in [5.74, 6) is 0. The van der Waals surface area contributed by atoms with Crippen molar-refractivity contribution in [2.75, 3.05) is 6.54 Å². The minimum atomic E-state index is 0.199. The Morgan fingerprint density at radius 2 is 1.70 bits per heavy atom. The Balaban J connectivity index is 1.77. The average Bonchev–Trinajstić information content (AvgIpc) is 2.93. The lowest BCUT2D eigenvalue weighted by Gasteiger charge is -2.26. The van der Waals surface area contributed by atoms with Crippen LogP contribution in [0, 0.1) is 0 Å². The molecule has 2 heteroatoms. The van der Waals surface area contributed by atoms with Crippen LogP contribution < -0.4 is 5.32 Å². The zero-order valence-corrected chi connectivity index (χ0v) is 14.1. The van der Waals surface area contributed by atoms with Gasteiger partial charge >= 0.3 is 0 Å². The van der Waals surface area contributed by atoms with Gasteiger partial charge in [-0.1, -0.05) is 63.2 Å². The van der Waals surface area contributed by atoms with Gasteiger partial charge in [-0.25, -0.2) is 0 Å². The molecule has 2 N–H and O–H groups in total. The van der Waals surface area contributed by atoms with Crippen molar-refractivity contribution >= 4 is 10.9 Å². The minimum absolute atomic E-state index is 0.199. The number of para-hydroxylation sites is 1. The fraction of sp³-hybridized carbons (Fsp3) is 0.333. The fourth-order valence-electron chi connectivity index (χ4n) is 3.64. The lowest BCUT2D eigenvalue weighted by Crippen LogP contribution is -2.30. The van der Waals surface area contributed by atoms with Gasteiger partial charge in [0.05, 0.1) is 6.04 Å². The maximum absolute atomic E-state index is 3.68. The standard InChI is InChI=1S/C21H24N2/c1-21(2,3)15-10-8-14(9-11-15)19-20-17(12-13-22-19)16-6-4-5-7-18(16)23-20/h4-11,19,22-23H,12-13H2,1-3H3. The Hall–Kier alpha value is -2.06.